The number of allylic oxidation sites excluding steroid dienone is 1. The lowest BCUT2D eigenvalue weighted by Gasteiger charge is -2.15. The zero-order valence-electron chi connectivity index (χ0n) is 16.7. The molecule has 0 aromatic heterocycles. The quantitative estimate of drug-likeness (QED) is 0.251. The number of carbonyl (C=O) groups is 2. The largest absolute Gasteiger partial charge is 0.493 e. The van der Waals surface area contributed by atoms with Crippen molar-refractivity contribution < 1.29 is 19.1 Å². The lowest BCUT2D eigenvalue weighted by atomic mass is 9.90. The molecule has 2 atom stereocenters. The molecule has 154 valence electrons. The number of methoxy groups -OCH3 is 1. The van der Waals surface area contributed by atoms with Crippen LogP contribution in [0.2, 0.25) is 5.02 Å². The molecule has 4 nitrogen and oxygen atoms in total. The van der Waals surface area contributed by atoms with Crippen molar-refractivity contribution in [3.8, 4) is 5.75 Å². The van der Waals surface area contributed by atoms with Crippen LogP contribution in [0.15, 0.2) is 36.4 Å². The van der Waals surface area contributed by atoms with Crippen LogP contribution in [0, 0.1) is 11.8 Å². The fraction of sp³-hybridized carbons (Fsp3) is 0.565. The average Bonchev–Trinajstić information content (AvgIpc) is 3.14. The molecule has 0 radical (unpaired) electrons. The van der Waals surface area contributed by atoms with Gasteiger partial charge in [-0.2, -0.15) is 0 Å². The van der Waals surface area contributed by atoms with E-state index < -0.39 is 0 Å². The van der Waals surface area contributed by atoms with Gasteiger partial charge in [0.1, 0.15) is 11.5 Å². The zero-order valence-corrected chi connectivity index (χ0v) is 17.5. The van der Waals surface area contributed by atoms with Crippen LogP contribution in [-0.4, -0.2) is 25.5 Å². The molecule has 28 heavy (non-hydrogen) atoms. The molecule has 0 bridgehead atoms. The maximum absolute atomic E-state index is 12.0. The van der Waals surface area contributed by atoms with Gasteiger partial charge in [0.25, 0.3) is 0 Å². The molecule has 0 saturated heterocycles. The van der Waals surface area contributed by atoms with Crippen LogP contribution in [0.25, 0.3) is 0 Å². The Morgan fingerprint density at radius 2 is 1.93 bits per heavy atom. The highest BCUT2D eigenvalue weighted by molar-refractivity contribution is 6.30. The van der Waals surface area contributed by atoms with Gasteiger partial charge in [0, 0.05) is 24.3 Å². The lowest BCUT2D eigenvalue weighted by Crippen LogP contribution is -2.09. The Labute approximate surface area is 173 Å². The van der Waals surface area contributed by atoms with Gasteiger partial charge in [0.15, 0.2) is 0 Å². The van der Waals surface area contributed by atoms with E-state index in [9.17, 15) is 9.59 Å². The summed E-state index contributed by atoms with van der Waals surface area (Å²) in [4.78, 5) is 23.1. The van der Waals surface area contributed by atoms with Crippen LogP contribution in [-0.2, 0) is 14.3 Å². The molecule has 0 spiro atoms. The highest BCUT2D eigenvalue weighted by atomic mass is 35.5. The summed E-state index contributed by atoms with van der Waals surface area (Å²) in [6.07, 6.45) is 12.0. The molecule has 1 aromatic rings. The number of hydrogen-bond donors (Lipinski definition) is 0. The van der Waals surface area contributed by atoms with Gasteiger partial charge in [-0.15, -0.1) is 0 Å². The molecule has 0 N–H and O–H groups in total. The molecule has 0 aliphatic heterocycles. The molecular formula is C23H31ClO4. The maximum Gasteiger partial charge on any atom is 0.305 e. The number of carbonyl (C=O) groups excluding carboxylic acids is 2. The molecule has 0 amide bonds. The summed E-state index contributed by atoms with van der Waals surface area (Å²) < 4.78 is 10.3. The van der Waals surface area contributed by atoms with E-state index in [1.54, 1.807) is 0 Å². The topological polar surface area (TPSA) is 52.6 Å². The first kappa shape index (κ1) is 22.5. The van der Waals surface area contributed by atoms with Gasteiger partial charge in [-0.25, -0.2) is 0 Å². The predicted molar refractivity (Wildman–Crippen MR) is 112 cm³/mol. The number of rotatable bonds is 12. The molecule has 2 rings (SSSR count). The van der Waals surface area contributed by atoms with E-state index in [0.29, 0.717) is 49.1 Å². The van der Waals surface area contributed by atoms with Crippen LogP contribution in [0.5, 0.6) is 5.75 Å². The summed E-state index contributed by atoms with van der Waals surface area (Å²) in [5.74, 6) is 2.02. The van der Waals surface area contributed by atoms with Gasteiger partial charge >= 0.3 is 5.97 Å². The summed E-state index contributed by atoms with van der Waals surface area (Å²) in [6, 6.07) is 7.40. The Morgan fingerprint density at radius 3 is 2.68 bits per heavy atom. The highest BCUT2D eigenvalue weighted by Gasteiger charge is 2.25. The Kier molecular flexibility index (Phi) is 10.1. The number of benzene rings is 1. The number of ketones is 1. The minimum absolute atomic E-state index is 0.242. The van der Waals surface area contributed by atoms with E-state index in [2.05, 4.69) is 16.9 Å². The molecule has 0 unspecified atom stereocenters. The van der Waals surface area contributed by atoms with Gasteiger partial charge in [-0.1, -0.05) is 30.2 Å². The minimum atomic E-state index is -0.242. The molecule has 1 aliphatic rings. The fourth-order valence-corrected chi connectivity index (χ4v) is 3.85. The number of esters is 1. The second-order valence-electron chi connectivity index (χ2n) is 7.38. The second kappa shape index (κ2) is 12.6. The SMILES string of the molecule is COC(=O)CCCC(=O)CC[C@H]1CCC[C@@H]1C=CCCOc1ccc(Cl)cc1. The summed E-state index contributed by atoms with van der Waals surface area (Å²) in [7, 11) is 1.38. The maximum atomic E-state index is 12.0. The zero-order chi connectivity index (χ0) is 20.2. The van der Waals surface area contributed by atoms with Crippen LogP contribution in [0.3, 0.4) is 0 Å². The third-order valence-corrected chi connectivity index (χ3v) is 5.58. The van der Waals surface area contributed by atoms with Crippen LogP contribution in [0.1, 0.15) is 57.8 Å². The minimum Gasteiger partial charge on any atom is -0.493 e. The van der Waals surface area contributed by atoms with Crippen LogP contribution in [0.4, 0.5) is 0 Å². The first-order chi connectivity index (χ1) is 13.6. The number of ether oxygens (including phenoxy) is 2. The lowest BCUT2D eigenvalue weighted by molar-refractivity contribution is -0.140. The van der Waals surface area contributed by atoms with Gasteiger partial charge < -0.3 is 9.47 Å². The van der Waals surface area contributed by atoms with Crippen molar-refractivity contribution in [2.75, 3.05) is 13.7 Å². The van der Waals surface area contributed by atoms with Crippen molar-refractivity contribution >= 4 is 23.4 Å². The van der Waals surface area contributed by atoms with Crippen molar-refractivity contribution in [3.63, 3.8) is 0 Å². The summed E-state index contributed by atoms with van der Waals surface area (Å²) >= 11 is 5.86. The Morgan fingerprint density at radius 1 is 1.14 bits per heavy atom. The van der Waals surface area contributed by atoms with Crippen molar-refractivity contribution in [1.29, 1.82) is 0 Å². The van der Waals surface area contributed by atoms with Crippen LogP contribution >= 0.6 is 11.6 Å². The number of hydrogen-bond acceptors (Lipinski definition) is 4. The Balaban J connectivity index is 1.62. The summed E-state index contributed by atoms with van der Waals surface area (Å²) in [5, 5.41) is 0.710. The van der Waals surface area contributed by atoms with E-state index in [0.717, 1.165) is 18.6 Å². The molecular weight excluding hydrogens is 376 g/mol. The van der Waals surface area contributed by atoms with E-state index in [1.165, 1.54) is 26.4 Å². The van der Waals surface area contributed by atoms with E-state index >= 15 is 0 Å². The monoisotopic (exact) mass is 406 g/mol. The first-order valence-electron chi connectivity index (χ1n) is 10.2. The van der Waals surface area contributed by atoms with E-state index in [-0.39, 0.29) is 11.8 Å². The molecule has 1 saturated carbocycles. The molecule has 0 heterocycles. The van der Waals surface area contributed by atoms with Gasteiger partial charge in [0.2, 0.25) is 0 Å². The molecule has 1 aromatic carbocycles. The van der Waals surface area contributed by atoms with E-state index in [4.69, 9.17) is 16.3 Å². The third kappa shape index (κ3) is 8.47. The average molecular weight is 407 g/mol. The fourth-order valence-electron chi connectivity index (χ4n) is 3.73. The van der Waals surface area contributed by atoms with Crippen molar-refractivity contribution in [3.05, 3.63) is 41.4 Å². The molecule has 5 heteroatoms. The highest BCUT2D eigenvalue weighted by Crippen LogP contribution is 2.36. The summed E-state index contributed by atoms with van der Waals surface area (Å²) in [6.45, 7) is 0.647. The van der Waals surface area contributed by atoms with Crippen LogP contribution < -0.4 is 4.74 Å². The second-order valence-corrected chi connectivity index (χ2v) is 7.82. The number of Topliss-reactive ketones (excluding diaryl/α,β-unsaturated/α-hetero) is 1. The first-order valence-corrected chi connectivity index (χ1v) is 10.6. The van der Waals surface area contributed by atoms with Crippen molar-refractivity contribution in [2.24, 2.45) is 11.8 Å². The molecule has 1 fully saturated rings. The van der Waals surface area contributed by atoms with E-state index in [1.807, 2.05) is 24.3 Å². The Bertz CT molecular complexity index is 639. The molecule has 1 aliphatic carbocycles. The van der Waals surface area contributed by atoms with Gasteiger partial charge in [-0.3, -0.25) is 9.59 Å². The standard InChI is InChI=1S/C23H31ClO4/c1-27-23(26)10-5-9-21(25)14-11-19-8-4-7-18(19)6-2-3-17-28-22-15-12-20(24)13-16-22/h2,6,12-13,15-16,18-19H,3-5,7-11,14,17H2,1H3/t18-,19+/m0/s1. The smallest absolute Gasteiger partial charge is 0.305 e. The van der Waals surface area contributed by atoms with Crippen molar-refractivity contribution in [1.82, 2.24) is 0 Å². The third-order valence-electron chi connectivity index (χ3n) is 5.33. The Hall–Kier alpha value is -1.81. The summed E-state index contributed by atoms with van der Waals surface area (Å²) in [5.41, 5.74) is 0. The van der Waals surface area contributed by atoms with Gasteiger partial charge in [0.05, 0.1) is 13.7 Å². The normalized spacial score (nSPS) is 19.1. The van der Waals surface area contributed by atoms with Gasteiger partial charge in [-0.05, 0) is 68.2 Å². The van der Waals surface area contributed by atoms with Crippen molar-refractivity contribution in [2.45, 2.75) is 57.8 Å². The number of halogens is 1. The predicted octanol–water partition coefficient (Wildman–Crippen LogP) is 5.77.